The number of ether oxygens (including phenoxy) is 3. The fourth-order valence-electron chi connectivity index (χ4n) is 3.92. The van der Waals surface area contributed by atoms with Crippen LogP contribution in [0.15, 0.2) is 30.6 Å². The monoisotopic (exact) mass is 572 g/mol. The number of carbonyl (C=O) groups excluding carboxylic acids is 1. The van der Waals surface area contributed by atoms with E-state index in [9.17, 15) is 26.7 Å². The molecule has 8 nitrogen and oxygen atoms in total. The molecule has 0 aliphatic carbocycles. The van der Waals surface area contributed by atoms with E-state index in [2.05, 4.69) is 29.9 Å². The fraction of sp³-hybridized carbons (Fsp3) is 0.440. The van der Waals surface area contributed by atoms with Crippen LogP contribution in [0.1, 0.15) is 5.56 Å². The first-order chi connectivity index (χ1) is 18.3. The molecule has 0 unspecified atom stereocenters. The van der Waals surface area contributed by atoms with Crippen molar-refractivity contribution in [3.63, 3.8) is 0 Å². The molecular formula is C25H29F5N4O4Si. The Morgan fingerprint density at radius 2 is 1.85 bits per heavy atom. The van der Waals surface area contributed by atoms with Gasteiger partial charge in [-0.05, 0) is 12.1 Å². The zero-order valence-corrected chi connectivity index (χ0v) is 22.9. The molecule has 1 aliphatic rings. The number of urea groups is 1. The molecule has 0 bridgehead atoms. The SMILES string of the molecule is COC1CN(C(=O)Nc2cc(F)c(Oc3ccnc4c3c(C(F)(F)F)cn4COCC[Si](C)(C)C)c(F)c2)C1. The predicted octanol–water partition coefficient (Wildman–Crippen LogP) is 6.30. The average molecular weight is 573 g/mol. The third kappa shape index (κ3) is 6.68. The number of carbonyl (C=O) groups is 1. The molecule has 1 N–H and O–H groups in total. The van der Waals surface area contributed by atoms with Gasteiger partial charge in [0.15, 0.2) is 17.4 Å². The van der Waals surface area contributed by atoms with Gasteiger partial charge in [-0.2, -0.15) is 13.2 Å². The number of aromatic nitrogens is 2. The van der Waals surface area contributed by atoms with Crippen molar-refractivity contribution in [3.8, 4) is 11.5 Å². The first-order valence-corrected chi connectivity index (χ1v) is 15.9. The van der Waals surface area contributed by atoms with Crippen molar-refractivity contribution in [2.75, 3.05) is 32.1 Å². The largest absolute Gasteiger partial charge is 0.450 e. The molecule has 0 spiro atoms. The van der Waals surface area contributed by atoms with E-state index in [-0.39, 0.29) is 24.2 Å². The second kappa shape index (κ2) is 11.1. The van der Waals surface area contributed by atoms with Crippen LogP contribution in [-0.4, -0.2) is 61.5 Å². The lowest BCUT2D eigenvalue weighted by Gasteiger charge is -2.37. The van der Waals surface area contributed by atoms with Crippen molar-refractivity contribution in [2.24, 2.45) is 0 Å². The van der Waals surface area contributed by atoms with Crippen LogP contribution < -0.4 is 10.1 Å². The Bertz CT molecular complexity index is 1330. The summed E-state index contributed by atoms with van der Waals surface area (Å²) < 4.78 is 88.8. The first kappa shape index (κ1) is 28.8. The molecule has 1 aromatic carbocycles. The zero-order valence-electron chi connectivity index (χ0n) is 21.9. The molecular weight excluding hydrogens is 543 g/mol. The van der Waals surface area contributed by atoms with E-state index in [1.165, 1.54) is 22.8 Å². The Morgan fingerprint density at radius 1 is 1.18 bits per heavy atom. The summed E-state index contributed by atoms with van der Waals surface area (Å²) in [7, 11) is 0.0988. The molecule has 0 saturated carbocycles. The Hall–Kier alpha value is -3.23. The van der Waals surface area contributed by atoms with E-state index < -0.39 is 54.4 Å². The zero-order chi connectivity index (χ0) is 28.5. The average Bonchev–Trinajstić information content (AvgIpc) is 3.18. The van der Waals surface area contributed by atoms with Crippen LogP contribution in [0.4, 0.5) is 32.4 Å². The lowest BCUT2D eigenvalue weighted by molar-refractivity contribution is -0.136. The Balaban J connectivity index is 1.58. The minimum Gasteiger partial charge on any atom is -0.450 e. The topological polar surface area (TPSA) is 77.9 Å². The Morgan fingerprint density at radius 3 is 2.44 bits per heavy atom. The molecule has 3 heterocycles. The van der Waals surface area contributed by atoms with Crippen LogP contribution in [0.2, 0.25) is 25.7 Å². The smallest absolute Gasteiger partial charge is 0.418 e. The van der Waals surface area contributed by atoms with Gasteiger partial charge in [0.1, 0.15) is 18.1 Å². The van der Waals surface area contributed by atoms with E-state index in [4.69, 9.17) is 14.2 Å². The molecule has 14 heteroatoms. The maximum absolute atomic E-state index is 14.9. The van der Waals surface area contributed by atoms with Gasteiger partial charge in [-0.1, -0.05) is 19.6 Å². The summed E-state index contributed by atoms with van der Waals surface area (Å²) in [6.45, 7) is 7.29. The number of rotatable bonds is 9. The van der Waals surface area contributed by atoms with Gasteiger partial charge in [-0.3, -0.25) is 0 Å². The number of alkyl halides is 3. The van der Waals surface area contributed by atoms with Crippen LogP contribution in [0.25, 0.3) is 11.0 Å². The number of pyridine rings is 1. The van der Waals surface area contributed by atoms with Crippen LogP contribution >= 0.6 is 0 Å². The van der Waals surface area contributed by atoms with Gasteiger partial charge in [0, 0.05) is 52.0 Å². The number of methoxy groups -OCH3 is 1. The van der Waals surface area contributed by atoms with Crippen molar-refractivity contribution in [1.29, 1.82) is 0 Å². The Kier molecular flexibility index (Phi) is 8.19. The summed E-state index contributed by atoms with van der Waals surface area (Å²) in [5, 5.41) is 1.92. The van der Waals surface area contributed by atoms with E-state index in [1.54, 1.807) is 0 Å². The highest BCUT2D eigenvalue weighted by Crippen LogP contribution is 2.42. The van der Waals surface area contributed by atoms with Gasteiger partial charge in [0.05, 0.1) is 30.1 Å². The van der Waals surface area contributed by atoms with Gasteiger partial charge >= 0.3 is 12.2 Å². The van der Waals surface area contributed by atoms with Gasteiger partial charge in [-0.25, -0.2) is 18.6 Å². The van der Waals surface area contributed by atoms with Gasteiger partial charge in [0.2, 0.25) is 0 Å². The van der Waals surface area contributed by atoms with E-state index >= 15 is 0 Å². The van der Waals surface area contributed by atoms with Crippen molar-refractivity contribution in [3.05, 3.63) is 47.8 Å². The molecule has 2 aromatic heterocycles. The third-order valence-electron chi connectivity index (χ3n) is 6.18. The number of likely N-dealkylation sites (tertiary alicyclic amines) is 1. The molecule has 2 amide bonds. The highest BCUT2D eigenvalue weighted by molar-refractivity contribution is 6.76. The predicted molar refractivity (Wildman–Crippen MR) is 137 cm³/mol. The standard InChI is InChI=1S/C25H29F5N4O4Si/c1-36-16-11-33(12-16)24(35)32-15-9-18(26)22(19(27)10-15)38-20-5-6-31-23-21(20)17(25(28,29)30)13-34(23)14-37-7-8-39(2,3)4/h5-6,9-10,13,16H,7-8,11-12,14H2,1-4H3,(H,32,35). The highest BCUT2D eigenvalue weighted by atomic mass is 28.3. The molecule has 3 aromatic rings. The van der Waals surface area contributed by atoms with Crippen molar-refractivity contribution < 1.29 is 41.0 Å². The fourth-order valence-corrected chi connectivity index (χ4v) is 4.68. The number of fused-ring (bicyclic) bond motifs is 1. The number of anilines is 1. The van der Waals surface area contributed by atoms with Gasteiger partial charge in [0.25, 0.3) is 0 Å². The summed E-state index contributed by atoms with van der Waals surface area (Å²) in [5.74, 6) is -3.78. The van der Waals surface area contributed by atoms with Crippen LogP contribution in [0, 0.1) is 11.6 Å². The number of halogens is 5. The maximum atomic E-state index is 14.9. The molecule has 1 saturated heterocycles. The number of benzene rings is 1. The number of nitrogens with one attached hydrogen (secondary N) is 1. The van der Waals surface area contributed by atoms with Crippen molar-refractivity contribution in [1.82, 2.24) is 14.5 Å². The molecule has 39 heavy (non-hydrogen) atoms. The molecule has 4 rings (SSSR count). The molecule has 1 aliphatic heterocycles. The molecule has 0 radical (unpaired) electrons. The van der Waals surface area contributed by atoms with Crippen molar-refractivity contribution in [2.45, 2.75) is 44.7 Å². The summed E-state index contributed by atoms with van der Waals surface area (Å²) in [4.78, 5) is 17.7. The summed E-state index contributed by atoms with van der Waals surface area (Å²) >= 11 is 0. The third-order valence-corrected chi connectivity index (χ3v) is 7.89. The summed E-state index contributed by atoms with van der Waals surface area (Å²) in [6, 6.07) is 2.99. The van der Waals surface area contributed by atoms with E-state index in [0.29, 0.717) is 19.7 Å². The highest BCUT2D eigenvalue weighted by Gasteiger charge is 2.37. The van der Waals surface area contributed by atoms with Crippen molar-refractivity contribution >= 4 is 30.8 Å². The molecule has 212 valence electrons. The summed E-state index contributed by atoms with van der Waals surface area (Å²) in [5.41, 5.74) is -1.37. The maximum Gasteiger partial charge on any atom is 0.418 e. The minimum absolute atomic E-state index is 0.106. The quantitative estimate of drug-likeness (QED) is 0.185. The second-order valence-corrected chi connectivity index (χ2v) is 16.1. The molecule has 1 fully saturated rings. The van der Waals surface area contributed by atoms with E-state index in [1.807, 2.05) is 0 Å². The summed E-state index contributed by atoms with van der Waals surface area (Å²) in [6.07, 6.45) is -2.88. The number of nitrogens with zero attached hydrogens (tertiary/aromatic N) is 3. The lowest BCUT2D eigenvalue weighted by Crippen LogP contribution is -2.55. The number of hydrogen-bond donors (Lipinski definition) is 1. The minimum atomic E-state index is -4.80. The molecule has 0 atom stereocenters. The number of hydrogen-bond acceptors (Lipinski definition) is 5. The lowest BCUT2D eigenvalue weighted by atomic mass is 10.2. The van der Waals surface area contributed by atoms with Crippen LogP contribution in [0.3, 0.4) is 0 Å². The number of amides is 2. The first-order valence-electron chi connectivity index (χ1n) is 12.1. The normalized spacial score (nSPS) is 14.5. The van der Waals surface area contributed by atoms with Crippen LogP contribution in [-0.2, 0) is 22.4 Å². The van der Waals surface area contributed by atoms with Crippen LogP contribution in [0.5, 0.6) is 11.5 Å². The Labute approximate surface area is 222 Å². The van der Waals surface area contributed by atoms with Gasteiger partial charge < -0.3 is 29.0 Å². The second-order valence-electron chi connectivity index (χ2n) is 10.4. The van der Waals surface area contributed by atoms with E-state index in [0.717, 1.165) is 30.4 Å². The van der Waals surface area contributed by atoms with Gasteiger partial charge in [-0.15, -0.1) is 0 Å².